The van der Waals surface area contributed by atoms with Gasteiger partial charge in [-0.1, -0.05) is 6.07 Å². The molecule has 2 atom stereocenters. The van der Waals surface area contributed by atoms with Gasteiger partial charge < -0.3 is 25.0 Å². The molecule has 4 aromatic rings. The molecule has 3 aromatic carbocycles. The van der Waals surface area contributed by atoms with E-state index in [1.807, 2.05) is 24.3 Å². The number of piperazine rings is 1. The predicted octanol–water partition coefficient (Wildman–Crippen LogP) is 3.90. The van der Waals surface area contributed by atoms with Crippen molar-refractivity contribution < 1.29 is 22.9 Å². The second-order valence-electron chi connectivity index (χ2n) is 10.5. The van der Waals surface area contributed by atoms with Crippen LogP contribution in [0.3, 0.4) is 0 Å². The van der Waals surface area contributed by atoms with Gasteiger partial charge in [0.1, 0.15) is 29.5 Å². The molecule has 2 fully saturated rings. The number of hydrogen-bond acceptors (Lipinski definition) is 6. The molecule has 2 saturated heterocycles. The number of benzene rings is 3. The van der Waals surface area contributed by atoms with Gasteiger partial charge in [0.2, 0.25) is 6.33 Å². The number of nitrogen functional groups attached to an aromatic ring is 1. The normalized spacial score (nSPS) is 21.1. The Morgan fingerprint density at radius 1 is 0.975 bits per heavy atom. The van der Waals surface area contributed by atoms with Crippen LogP contribution in [0.25, 0.3) is 0 Å². The maximum atomic E-state index is 14.9. The molecule has 0 radical (unpaired) electrons. The van der Waals surface area contributed by atoms with Gasteiger partial charge in [0.15, 0.2) is 0 Å². The molecule has 0 aliphatic carbocycles. The summed E-state index contributed by atoms with van der Waals surface area (Å²) < 4.78 is 42.6. The predicted molar refractivity (Wildman–Crippen MR) is 148 cm³/mol. The minimum Gasteiger partial charge on any atom is -0.493 e. The molecular formula is C30H33F2N6O2+. The van der Waals surface area contributed by atoms with Gasteiger partial charge in [-0.2, -0.15) is 9.78 Å². The third-order valence-electron chi connectivity index (χ3n) is 7.79. The van der Waals surface area contributed by atoms with Gasteiger partial charge in [-0.15, -0.1) is 0 Å². The molecular weight excluding hydrogens is 514 g/mol. The summed E-state index contributed by atoms with van der Waals surface area (Å²) in [7, 11) is 0. The Morgan fingerprint density at radius 3 is 2.27 bits per heavy atom. The minimum atomic E-state index is -0.957. The summed E-state index contributed by atoms with van der Waals surface area (Å²) >= 11 is 0. The van der Waals surface area contributed by atoms with E-state index in [0.29, 0.717) is 31.7 Å². The van der Waals surface area contributed by atoms with Crippen LogP contribution in [0, 0.1) is 17.6 Å². The summed E-state index contributed by atoms with van der Waals surface area (Å²) in [6, 6.07) is 19.8. The van der Waals surface area contributed by atoms with Gasteiger partial charge in [-0.3, -0.25) is 0 Å². The van der Waals surface area contributed by atoms with Crippen molar-refractivity contribution in [1.82, 2.24) is 10.1 Å². The molecule has 208 valence electrons. The molecule has 0 saturated carbocycles. The molecule has 0 amide bonds. The third kappa shape index (κ3) is 5.58. The third-order valence-corrected chi connectivity index (χ3v) is 7.79. The standard InChI is InChI=1S/C30H32F2N6O2/c31-23-1-10-28(29(32)15-23)30(19-38-21-34-20-35-38)16-22(18-40-30)17-39-27-8-6-26(7-9-27)37-13-11-36(12-14-37)25-4-2-24(33)3-5-25/h1-10,15,20-22H,11-14,16-19,33H2/p+1/t22-,30+/m1/s1. The number of hydrogen-bond donors (Lipinski definition) is 2. The van der Waals surface area contributed by atoms with E-state index in [-0.39, 0.29) is 5.92 Å². The number of aromatic nitrogens is 3. The smallest absolute Gasteiger partial charge is 0.306 e. The summed E-state index contributed by atoms with van der Waals surface area (Å²) in [5.74, 6) is -0.422. The van der Waals surface area contributed by atoms with Crippen LogP contribution in [0.2, 0.25) is 0 Å². The van der Waals surface area contributed by atoms with Gasteiger partial charge in [0.25, 0.3) is 0 Å². The Balaban J connectivity index is 1.06. The van der Waals surface area contributed by atoms with Crippen molar-refractivity contribution in [2.24, 2.45) is 5.92 Å². The highest BCUT2D eigenvalue weighted by molar-refractivity contribution is 5.55. The largest absolute Gasteiger partial charge is 0.493 e. The number of H-pyrrole nitrogens is 1. The van der Waals surface area contributed by atoms with Crippen molar-refractivity contribution in [2.75, 3.05) is 54.9 Å². The number of nitrogens with two attached hydrogens (primary N) is 1. The van der Waals surface area contributed by atoms with Gasteiger partial charge in [-0.25, -0.2) is 8.78 Å². The lowest BCUT2D eigenvalue weighted by Crippen LogP contribution is -2.47. The van der Waals surface area contributed by atoms with E-state index in [0.717, 1.165) is 49.4 Å². The summed E-state index contributed by atoms with van der Waals surface area (Å²) in [5, 5.41) is 2.99. The van der Waals surface area contributed by atoms with E-state index in [4.69, 9.17) is 15.2 Å². The van der Waals surface area contributed by atoms with Crippen molar-refractivity contribution in [3.63, 3.8) is 0 Å². The van der Waals surface area contributed by atoms with Crippen LogP contribution in [-0.4, -0.2) is 49.5 Å². The number of nitrogens with one attached hydrogen (secondary N) is 1. The Hall–Kier alpha value is -4.18. The quantitative estimate of drug-likeness (QED) is 0.257. The number of rotatable bonds is 8. The molecule has 1 aromatic heterocycles. The molecule has 3 N–H and O–H groups in total. The van der Waals surface area contributed by atoms with Crippen LogP contribution in [-0.2, 0) is 16.9 Å². The maximum Gasteiger partial charge on any atom is 0.306 e. The fourth-order valence-corrected chi connectivity index (χ4v) is 5.70. The highest BCUT2D eigenvalue weighted by atomic mass is 19.1. The Morgan fingerprint density at radius 2 is 1.65 bits per heavy atom. The average Bonchev–Trinajstić information content (AvgIpc) is 3.63. The van der Waals surface area contributed by atoms with Crippen molar-refractivity contribution in [3.8, 4) is 5.75 Å². The summed E-state index contributed by atoms with van der Waals surface area (Å²) in [5.41, 5.74) is 8.33. The van der Waals surface area contributed by atoms with Crippen molar-refractivity contribution in [1.29, 1.82) is 0 Å². The minimum absolute atomic E-state index is 0.0362. The molecule has 3 heterocycles. The van der Waals surface area contributed by atoms with E-state index in [1.165, 1.54) is 17.8 Å². The fourth-order valence-electron chi connectivity index (χ4n) is 5.70. The second-order valence-corrected chi connectivity index (χ2v) is 10.5. The average molecular weight is 548 g/mol. The van der Waals surface area contributed by atoms with Crippen molar-refractivity contribution in [2.45, 2.75) is 18.6 Å². The topological polar surface area (TPSA) is 83.5 Å². The van der Waals surface area contributed by atoms with Crippen LogP contribution < -0.4 is 25.0 Å². The fraction of sp³-hybridized carbons (Fsp3) is 0.333. The molecule has 40 heavy (non-hydrogen) atoms. The van der Waals surface area contributed by atoms with Crippen LogP contribution in [0.5, 0.6) is 5.75 Å². The molecule has 2 aliphatic rings. The number of ether oxygens (including phenoxy) is 2. The van der Waals surface area contributed by atoms with E-state index < -0.39 is 17.2 Å². The summed E-state index contributed by atoms with van der Waals surface area (Å²) in [6.45, 7) is 4.90. The second kappa shape index (κ2) is 11.1. The van der Waals surface area contributed by atoms with Gasteiger partial charge in [0.05, 0.1) is 13.2 Å². The number of halogens is 2. The Labute approximate surface area is 231 Å². The van der Waals surface area contributed by atoms with E-state index in [2.05, 4.69) is 44.1 Å². The van der Waals surface area contributed by atoms with Crippen molar-refractivity contribution >= 4 is 17.1 Å². The number of anilines is 3. The monoisotopic (exact) mass is 547 g/mol. The number of nitrogens with zero attached hydrogens (tertiary/aromatic N) is 4. The Bertz CT molecular complexity index is 1410. The number of aromatic amines is 1. The van der Waals surface area contributed by atoms with Gasteiger partial charge in [-0.05, 0) is 66.0 Å². The lowest BCUT2D eigenvalue weighted by Gasteiger charge is -2.37. The highest BCUT2D eigenvalue weighted by Gasteiger charge is 2.46. The first-order valence-electron chi connectivity index (χ1n) is 13.5. The molecule has 0 bridgehead atoms. The zero-order valence-corrected chi connectivity index (χ0v) is 22.2. The SMILES string of the molecule is Nc1ccc(N2CCN(c3ccc(OC[C@@H]4CO[C@@](C[n+]5cnc[nH]5)(c5ccc(F)cc5F)C4)cc3)CC2)cc1. The first kappa shape index (κ1) is 26.1. The molecule has 0 unspecified atom stereocenters. The van der Waals surface area contributed by atoms with Crippen LogP contribution in [0.1, 0.15) is 12.0 Å². The van der Waals surface area contributed by atoms with Crippen LogP contribution in [0.4, 0.5) is 25.8 Å². The van der Waals surface area contributed by atoms with Crippen molar-refractivity contribution in [3.05, 3.63) is 96.6 Å². The first-order valence-corrected chi connectivity index (χ1v) is 13.5. The summed E-state index contributed by atoms with van der Waals surface area (Å²) in [4.78, 5) is 8.80. The maximum absolute atomic E-state index is 14.9. The zero-order chi connectivity index (χ0) is 27.5. The van der Waals surface area contributed by atoms with Crippen LogP contribution >= 0.6 is 0 Å². The highest BCUT2D eigenvalue weighted by Crippen LogP contribution is 2.41. The van der Waals surface area contributed by atoms with E-state index in [9.17, 15) is 8.78 Å². The molecule has 8 nitrogen and oxygen atoms in total. The van der Waals surface area contributed by atoms with Crippen LogP contribution in [0.15, 0.2) is 79.4 Å². The lowest BCUT2D eigenvalue weighted by molar-refractivity contribution is -0.764. The van der Waals surface area contributed by atoms with E-state index in [1.54, 1.807) is 17.3 Å². The molecule has 10 heteroatoms. The first-order chi connectivity index (χ1) is 19.5. The zero-order valence-electron chi connectivity index (χ0n) is 22.2. The lowest BCUT2D eigenvalue weighted by atomic mass is 9.87. The summed E-state index contributed by atoms with van der Waals surface area (Å²) in [6.07, 6.45) is 3.70. The Kier molecular flexibility index (Phi) is 7.25. The molecule has 6 rings (SSSR count). The van der Waals surface area contributed by atoms with Gasteiger partial charge in [0, 0.05) is 60.8 Å². The molecule has 0 spiro atoms. The molecule has 2 aliphatic heterocycles. The van der Waals surface area contributed by atoms with E-state index >= 15 is 0 Å². The van der Waals surface area contributed by atoms with Gasteiger partial charge >= 0.3 is 6.33 Å².